The first kappa shape index (κ1) is 9.44. The van der Waals surface area contributed by atoms with Gasteiger partial charge in [-0.3, -0.25) is 4.79 Å². The van der Waals surface area contributed by atoms with E-state index in [0.717, 1.165) is 0 Å². The molecule has 0 amide bonds. The Balaban J connectivity index is 2.57. The molecule has 0 saturated carbocycles. The standard InChI is InChI=1S/C7H12O5/c1-3-6(12-4(2)8)5(9)7(10)11-3/h3,5-7,9-10H,1-2H3/t3-,5-,6+,7+/m1/s1. The normalized spacial score (nSPS) is 41.3. The van der Waals surface area contributed by atoms with Crippen LogP contribution >= 0.6 is 0 Å². The second-order valence-corrected chi connectivity index (χ2v) is 2.80. The molecule has 0 aliphatic carbocycles. The van der Waals surface area contributed by atoms with E-state index in [4.69, 9.17) is 14.6 Å². The quantitative estimate of drug-likeness (QED) is 0.502. The molecule has 0 unspecified atom stereocenters. The molecule has 0 radical (unpaired) electrons. The van der Waals surface area contributed by atoms with Crippen LogP contribution in [-0.4, -0.2) is 40.8 Å². The summed E-state index contributed by atoms with van der Waals surface area (Å²) in [4.78, 5) is 10.5. The van der Waals surface area contributed by atoms with Gasteiger partial charge in [-0.05, 0) is 6.92 Å². The summed E-state index contributed by atoms with van der Waals surface area (Å²) in [7, 11) is 0. The third-order valence-electron chi connectivity index (χ3n) is 1.75. The number of rotatable bonds is 1. The Kier molecular flexibility index (Phi) is 2.66. The van der Waals surface area contributed by atoms with Gasteiger partial charge in [0.15, 0.2) is 12.4 Å². The summed E-state index contributed by atoms with van der Waals surface area (Å²) < 4.78 is 9.55. The number of ether oxygens (including phenoxy) is 2. The molecule has 1 heterocycles. The molecule has 0 aromatic carbocycles. The van der Waals surface area contributed by atoms with Crippen molar-refractivity contribution in [1.82, 2.24) is 0 Å². The van der Waals surface area contributed by atoms with Crippen LogP contribution in [0.4, 0.5) is 0 Å². The van der Waals surface area contributed by atoms with Crippen LogP contribution < -0.4 is 0 Å². The van der Waals surface area contributed by atoms with E-state index in [1.165, 1.54) is 6.92 Å². The summed E-state index contributed by atoms with van der Waals surface area (Å²) in [6.07, 6.45) is -3.65. The lowest BCUT2D eigenvalue weighted by Gasteiger charge is -2.16. The van der Waals surface area contributed by atoms with E-state index < -0.39 is 30.6 Å². The van der Waals surface area contributed by atoms with Crippen molar-refractivity contribution in [3.05, 3.63) is 0 Å². The van der Waals surface area contributed by atoms with Crippen molar-refractivity contribution in [2.45, 2.75) is 38.4 Å². The van der Waals surface area contributed by atoms with Gasteiger partial charge in [-0.25, -0.2) is 0 Å². The highest BCUT2D eigenvalue weighted by Crippen LogP contribution is 2.21. The lowest BCUT2D eigenvalue weighted by atomic mass is 10.1. The SMILES string of the molecule is CC(=O)O[C@@H]1[C@@H](O)[C@@H](O)O[C@@H]1C. The Morgan fingerprint density at radius 2 is 2.08 bits per heavy atom. The molecular weight excluding hydrogens is 164 g/mol. The summed E-state index contributed by atoms with van der Waals surface area (Å²) in [5.74, 6) is -0.497. The van der Waals surface area contributed by atoms with Crippen molar-refractivity contribution in [2.24, 2.45) is 0 Å². The average Bonchev–Trinajstić information content (AvgIpc) is 2.16. The molecule has 0 bridgehead atoms. The minimum absolute atomic E-state index is 0.473. The Bertz CT molecular complexity index is 181. The van der Waals surface area contributed by atoms with Gasteiger partial charge in [-0.1, -0.05) is 0 Å². The van der Waals surface area contributed by atoms with E-state index in [1.807, 2.05) is 0 Å². The molecular formula is C7H12O5. The first-order chi connectivity index (χ1) is 5.52. The van der Waals surface area contributed by atoms with Gasteiger partial charge in [0.05, 0.1) is 6.10 Å². The zero-order chi connectivity index (χ0) is 9.30. The van der Waals surface area contributed by atoms with Gasteiger partial charge in [-0.2, -0.15) is 0 Å². The number of esters is 1. The summed E-state index contributed by atoms with van der Waals surface area (Å²) >= 11 is 0. The van der Waals surface area contributed by atoms with Crippen LogP contribution in [0.2, 0.25) is 0 Å². The zero-order valence-electron chi connectivity index (χ0n) is 6.93. The van der Waals surface area contributed by atoms with Gasteiger partial charge < -0.3 is 19.7 Å². The molecule has 1 aliphatic rings. The van der Waals surface area contributed by atoms with E-state index in [-0.39, 0.29) is 0 Å². The molecule has 1 saturated heterocycles. The lowest BCUT2D eigenvalue weighted by molar-refractivity contribution is -0.152. The third kappa shape index (κ3) is 1.74. The molecule has 5 heteroatoms. The van der Waals surface area contributed by atoms with Crippen molar-refractivity contribution < 1.29 is 24.5 Å². The number of carbonyl (C=O) groups excluding carboxylic acids is 1. The monoisotopic (exact) mass is 176 g/mol. The maximum atomic E-state index is 10.5. The van der Waals surface area contributed by atoms with Gasteiger partial charge >= 0.3 is 5.97 Å². The van der Waals surface area contributed by atoms with Crippen LogP contribution in [0.25, 0.3) is 0 Å². The maximum absolute atomic E-state index is 10.5. The summed E-state index contributed by atoms with van der Waals surface area (Å²) in [5, 5.41) is 18.2. The van der Waals surface area contributed by atoms with Crippen molar-refractivity contribution in [2.75, 3.05) is 0 Å². The van der Waals surface area contributed by atoms with E-state index >= 15 is 0 Å². The Morgan fingerprint density at radius 3 is 2.42 bits per heavy atom. The third-order valence-corrected chi connectivity index (χ3v) is 1.75. The highest BCUT2D eigenvalue weighted by molar-refractivity contribution is 5.66. The second kappa shape index (κ2) is 3.38. The first-order valence-corrected chi connectivity index (χ1v) is 3.71. The predicted molar refractivity (Wildman–Crippen MR) is 38.1 cm³/mol. The van der Waals surface area contributed by atoms with Gasteiger partial charge in [0.1, 0.15) is 6.10 Å². The number of hydrogen-bond acceptors (Lipinski definition) is 5. The van der Waals surface area contributed by atoms with Crippen molar-refractivity contribution in [3.8, 4) is 0 Å². The molecule has 1 rings (SSSR count). The van der Waals surface area contributed by atoms with Gasteiger partial charge in [0.25, 0.3) is 0 Å². The molecule has 70 valence electrons. The summed E-state index contributed by atoms with van der Waals surface area (Å²) in [6.45, 7) is 2.86. The number of hydrogen-bond donors (Lipinski definition) is 2. The second-order valence-electron chi connectivity index (χ2n) is 2.80. The number of aliphatic hydroxyl groups is 2. The molecule has 2 N–H and O–H groups in total. The minimum atomic E-state index is -1.26. The Hall–Kier alpha value is -0.650. The van der Waals surface area contributed by atoms with Crippen LogP contribution in [0.3, 0.4) is 0 Å². The van der Waals surface area contributed by atoms with E-state index in [0.29, 0.717) is 0 Å². The van der Waals surface area contributed by atoms with Crippen LogP contribution in [0.15, 0.2) is 0 Å². The van der Waals surface area contributed by atoms with E-state index in [2.05, 4.69) is 0 Å². The van der Waals surface area contributed by atoms with E-state index in [9.17, 15) is 9.90 Å². The first-order valence-electron chi connectivity index (χ1n) is 3.71. The zero-order valence-corrected chi connectivity index (χ0v) is 6.93. The fourth-order valence-corrected chi connectivity index (χ4v) is 1.17. The van der Waals surface area contributed by atoms with Crippen LogP contribution in [-0.2, 0) is 14.3 Å². The smallest absolute Gasteiger partial charge is 0.303 e. The van der Waals surface area contributed by atoms with Crippen LogP contribution in [0.1, 0.15) is 13.8 Å². The Morgan fingerprint density at radius 1 is 1.50 bits per heavy atom. The van der Waals surface area contributed by atoms with E-state index in [1.54, 1.807) is 6.92 Å². The number of aliphatic hydroxyl groups excluding tert-OH is 2. The molecule has 5 nitrogen and oxygen atoms in total. The molecule has 0 aromatic rings. The number of carbonyl (C=O) groups is 1. The fourth-order valence-electron chi connectivity index (χ4n) is 1.17. The molecule has 1 aliphatic heterocycles. The summed E-state index contributed by atoms with van der Waals surface area (Å²) in [5.41, 5.74) is 0. The maximum Gasteiger partial charge on any atom is 0.303 e. The van der Waals surface area contributed by atoms with Crippen LogP contribution in [0.5, 0.6) is 0 Å². The molecule has 0 aromatic heterocycles. The van der Waals surface area contributed by atoms with Gasteiger partial charge in [0, 0.05) is 6.92 Å². The Labute approximate surface area is 69.9 Å². The predicted octanol–water partition coefficient (Wildman–Crippen LogP) is -0.984. The topological polar surface area (TPSA) is 76.0 Å². The average molecular weight is 176 g/mol. The highest BCUT2D eigenvalue weighted by Gasteiger charge is 2.42. The highest BCUT2D eigenvalue weighted by atomic mass is 16.7. The van der Waals surface area contributed by atoms with Gasteiger partial charge in [0.2, 0.25) is 0 Å². The minimum Gasteiger partial charge on any atom is -0.457 e. The molecule has 0 spiro atoms. The molecule has 4 atom stereocenters. The molecule has 12 heavy (non-hydrogen) atoms. The summed E-state index contributed by atoms with van der Waals surface area (Å²) in [6, 6.07) is 0. The van der Waals surface area contributed by atoms with Crippen molar-refractivity contribution >= 4 is 5.97 Å². The van der Waals surface area contributed by atoms with Crippen molar-refractivity contribution in [1.29, 1.82) is 0 Å². The fraction of sp³-hybridized carbons (Fsp3) is 0.857. The van der Waals surface area contributed by atoms with Crippen molar-refractivity contribution in [3.63, 3.8) is 0 Å². The largest absolute Gasteiger partial charge is 0.457 e. The van der Waals surface area contributed by atoms with Crippen LogP contribution in [0, 0.1) is 0 Å². The van der Waals surface area contributed by atoms with Gasteiger partial charge in [-0.15, -0.1) is 0 Å². The lowest BCUT2D eigenvalue weighted by Crippen LogP contribution is -2.35. The molecule has 1 fully saturated rings.